The minimum absolute atomic E-state index is 0.0833. The number of carbonyl (C=O) groups is 1. The number of aryl methyl sites for hydroxylation is 1. The molecule has 1 aliphatic heterocycles. The van der Waals surface area contributed by atoms with Crippen LogP contribution in [0.1, 0.15) is 47.2 Å². The van der Waals surface area contributed by atoms with E-state index in [0.717, 1.165) is 34.8 Å². The number of hydrogen-bond donors (Lipinski definition) is 1. The third kappa shape index (κ3) is 4.36. The summed E-state index contributed by atoms with van der Waals surface area (Å²) in [6, 6.07) is 11.7. The Morgan fingerprint density at radius 3 is 2.75 bits per heavy atom. The van der Waals surface area contributed by atoms with Crippen LogP contribution >= 0.6 is 12.2 Å². The molecule has 0 bridgehead atoms. The molecule has 2 atom stereocenters. The SMILES string of the molecule is CCOC(=O)CN1C(=S)N[C@H](c2ccccn2)[C@@H]1c1cc(C)n(Cc2cccnc2)c1C. The van der Waals surface area contributed by atoms with E-state index in [1.165, 1.54) is 0 Å². The highest BCUT2D eigenvalue weighted by molar-refractivity contribution is 7.80. The van der Waals surface area contributed by atoms with Gasteiger partial charge in [-0.25, -0.2) is 0 Å². The first-order valence-electron chi connectivity index (χ1n) is 10.7. The molecule has 1 N–H and O–H groups in total. The number of carbonyl (C=O) groups excluding carboxylic acids is 1. The maximum atomic E-state index is 12.4. The summed E-state index contributed by atoms with van der Waals surface area (Å²) in [7, 11) is 0. The van der Waals surface area contributed by atoms with Gasteiger partial charge < -0.3 is 19.5 Å². The van der Waals surface area contributed by atoms with Crippen molar-refractivity contribution in [2.45, 2.75) is 39.4 Å². The number of pyridine rings is 2. The first-order valence-corrected chi connectivity index (χ1v) is 11.1. The highest BCUT2D eigenvalue weighted by Gasteiger charge is 2.42. The van der Waals surface area contributed by atoms with E-state index in [-0.39, 0.29) is 24.6 Å². The second-order valence-electron chi connectivity index (χ2n) is 7.83. The van der Waals surface area contributed by atoms with Gasteiger partial charge in [-0.2, -0.15) is 0 Å². The average molecular weight is 450 g/mol. The van der Waals surface area contributed by atoms with Gasteiger partial charge in [-0.05, 0) is 68.4 Å². The van der Waals surface area contributed by atoms with Crippen LogP contribution in [0.4, 0.5) is 0 Å². The highest BCUT2D eigenvalue weighted by atomic mass is 32.1. The summed E-state index contributed by atoms with van der Waals surface area (Å²) in [5.41, 5.74) is 5.38. The molecule has 3 aromatic heterocycles. The smallest absolute Gasteiger partial charge is 0.325 e. The Kier molecular flexibility index (Phi) is 6.50. The molecule has 0 unspecified atom stereocenters. The van der Waals surface area contributed by atoms with Crippen molar-refractivity contribution in [3.8, 4) is 0 Å². The maximum absolute atomic E-state index is 12.4. The topological polar surface area (TPSA) is 72.3 Å². The first-order chi connectivity index (χ1) is 15.5. The molecule has 166 valence electrons. The molecule has 0 aromatic carbocycles. The molecule has 0 amide bonds. The number of nitrogens with one attached hydrogen (secondary N) is 1. The molecule has 0 saturated carbocycles. The monoisotopic (exact) mass is 449 g/mol. The lowest BCUT2D eigenvalue weighted by Gasteiger charge is -2.27. The third-order valence-electron chi connectivity index (χ3n) is 5.80. The van der Waals surface area contributed by atoms with Gasteiger partial charge in [-0.3, -0.25) is 14.8 Å². The van der Waals surface area contributed by atoms with Gasteiger partial charge in [-0.1, -0.05) is 12.1 Å². The molecule has 3 aromatic rings. The van der Waals surface area contributed by atoms with Crippen molar-refractivity contribution in [2.75, 3.05) is 13.2 Å². The van der Waals surface area contributed by atoms with Gasteiger partial charge in [-0.15, -0.1) is 0 Å². The lowest BCUT2D eigenvalue weighted by atomic mass is 9.97. The Morgan fingerprint density at radius 1 is 1.22 bits per heavy atom. The van der Waals surface area contributed by atoms with E-state index < -0.39 is 0 Å². The molecule has 7 nitrogen and oxygen atoms in total. The average Bonchev–Trinajstić information content (AvgIpc) is 3.26. The zero-order valence-electron chi connectivity index (χ0n) is 18.5. The van der Waals surface area contributed by atoms with Crippen LogP contribution in [-0.4, -0.2) is 43.7 Å². The Bertz CT molecular complexity index is 1100. The highest BCUT2D eigenvalue weighted by Crippen LogP contribution is 2.40. The quantitative estimate of drug-likeness (QED) is 0.437. The zero-order chi connectivity index (χ0) is 22.7. The van der Waals surface area contributed by atoms with Crippen LogP contribution in [0.2, 0.25) is 0 Å². The van der Waals surface area contributed by atoms with E-state index in [9.17, 15) is 4.79 Å². The molecule has 8 heteroatoms. The predicted octanol–water partition coefficient (Wildman–Crippen LogP) is 3.48. The summed E-state index contributed by atoms with van der Waals surface area (Å²) in [6.45, 7) is 7.15. The second kappa shape index (κ2) is 9.48. The van der Waals surface area contributed by atoms with Crippen molar-refractivity contribution in [3.63, 3.8) is 0 Å². The van der Waals surface area contributed by atoms with Crippen molar-refractivity contribution < 1.29 is 9.53 Å². The van der Waals surface area contributed by atoms with Gasteiger partial charge in [0.05, 0.1) is 24.4 Å². The lowest BCUT2D eigenvalue weighted by molar-refractivity contribution is -0.143. The molecule has 0 radical (unpaired) electrons. The lowest BCUT2D eigenvalue weighted by Crippen LogP contribution is -2.35. The van der Waals surface area contributed by atoms with E-state index in [1.807, 2.05) is 35.4 Å². The van der Waals surface area contributed by atoms with Crippen molar-refractivity contribution in [2.24, 2.45) is 0 Å². The minimum Gasteiger partial charge on any atom is -0.465 e. The maximum Gasteiger partial charge on any atom is 0.325 e. The number of ether oxygens (including phenoxy) is 1. The molecule has 1 aliphatic rings. The molecule has 4 rings (SSSR count). The van der Waals surface area contributed by atoms with E-state index in [2.05, 4.69) is 45.8 Å². The van der Waals surface area contributed by atoms with Gasteiger partial charge in [0.2, 0.25) is 0 Å². The Labute approximate surface area is 193 Å². The molecule has 0 spiro atoms. The number of esters is 1. The summed E-state index contributed by atoms with van der Waals surface area (Å²) in [4.78, 5) is 23.1. The molecular formula is C24H27N5O2S. The van der Waals surface area contributed by atoms with Crippen molar-refractivity contribution in [3.05, 3.63) is 83.2 Å². The molecule has 4 heterocycles. The summed E-state index contributed by atoms with van der Waals surface area (Å²) >= 11 is 5.65. The van der Waals surface area contributed by atoms with Gasteiger partial charge in [0.15, 0.2) is 5.11 Å². The van der Waals surface area contributed by atoms with Gasteiger partial charge >= 0.3 is 5.97 Å². The van der Waals surface area contributed by atoms with Crippen LogP contribution < -0.4 is 5.32 Å². The van der Waals surface area contributed by atoms with Crippen molar-refractivity contribution in [1.29, 1.82) is 0 Å². The number of aromatic nitrogens is 3. The number of thiocarbonyl (C=S) groups is 1. The van der Waals surface area contributed by atoms with Crippen LogP contribution in [0.15, 0.2) is 55.0 Å². The van der Waals surface area contributed by atoms with Crippen LogP contribution in [0.3, 0.4) is 0 Å². The number of hydrogen-bond acceptors (Lipinski definition) is 5. The Hall–Kier alpha value is -3.26. The second-order valence-corrected chi connectivity index (χ2v) is 8.22. The predicted molar refractivity (Wildman–Crippen MR) is 126 cm³/mol. The zero-order valence-corrected chi connectivity index (χ0v) is 19.3. The van der Waals surface area contributed by atoms with E-state index in [0.29, 0.717) is 11.7 Å². The van der Waals surface area contributed by atoms with Crippen LogP contribution in [0, 0.1) is 13.8 Å². The molecule has 1 fully saturated rings. The molecule has 1 saturated heterocycles. The standard InChI is InChI=1S/C24H27N5O2S/c1-4-31-21(30)15-29-23(22(27-24(29)32)20-9-5-6-11-26-20)19-12-16(2)28(17(19)3)14-18-8-7-10-25-13-18/h5-13,22-23H,4,14-15H2,1-3H3,(H,27,32)/t22-,23+/m1/s1. The summed E-state index contributed by atoms with van der Waals surface area (Å²) in [5.74, 6) is -0.299. The first kappa shape index (κ1) is 22.0. The Balaban J connectivity index is 1.74. The number of nitrogens with zero attached hydrogens (tertiary/aromatic N) is 4. The molecule has 32 heavy (non-hydrogen) atoms. The van der Waals surface area contributed by atoms with Gasteiger partial charge in [0.25, 0.3) is 0 Å². The fraction of sp³-hybridized carbons (Fsp3) is 0.333. The summed E-state index contributed by atoms with van der Waals surface area (Å²) in [5, 5.41) is 3.91. The van der Waals surface area contributed by atoms with Crippen LogP contribution in [0.25, 0.3) is 0 Å². The Morgan fingerprint density at radius 2 is 2.06 bits per heavy atom. The molecule has 0 aliphatic carbocycles. The van der Waals surface area contributed by atoms with Crippen LogP contribution in [-0.2, 0) is 16.1 Å². The number of rotatable bonds is 7. The van der Waals surface area contributed by atoms with Crippen molar-refractivity contribution >= 4 is 23.3 Å². The van der Waals surface area contributed by atoms with Gasteiger partial charge in [0.1, 0.15) is 6.54 Å². The van der Waals surface area contributed by atoms with Crippen molar-refractivity contribution in [1.82, 2.24) is 24.8 Å². The summed E-state index contributed by atoms with van der Waals surface area (Å²) in [6.07, 6.45) is 5.44. The summed E-state index contributed by atoms with van der Waals surface area (Å²) < 4.78 is 7.49. The van der Waals surface area contributed by atoms with E-state index in [1.54, 1.807) is 19.3 Å². The fourth-order valence-corrected chi connectivity index (χ4v) is 4.61. The fourth-order valence-electron chi connectivity index (χ4n) is 4.30. The third-order valence-corrected chi connectivity index (χ3v) is 6.15. The van der Waals surface area contributed by atoms with E-state index >= 15 is 0 Å². The normalized spacial score (nSPS) is 18.0. The van der Waals surface area contributed by atoms with Gasteiger partial charge in [0, 0.05) is 36.5 Å². The molecular weight excluding hydrogens is 422 g/mol. The van der Waals surface area contributed by atoms with Crippen LogP contribution in [0.5, 0.6) is 0 Å². The van der Waals surface area contributed by atoms with E-state index in [4.69, 9.17) is 17.0 Å². The largest absolute Gasteiger partial charge is 0.465 e. The minimum atomic E-state index is -0.299.